The standard InChI is InChI=1S/C20H23N5OS2/c1-14(18(26)22-16-9-11-17(12-10-16)25(2)3)27-20-24-23-19(28-20)21-13-15-7-5-4-6-8-15/h4-12,14H,13H2,1-3H3,(H,21,23)(H,22,26)/t14-/m0/s1. The number of benzene rings is 2. The lowest BCUT2D eigenvalue weighted by molar-refractivity contribution is -0.115. The number of hydrogen-bond donors (Lipinski definition) is 2. The predicted octanol–water partition coefficient (Wildman–Crippen LogP) is 4.34. The van der Waals surface area contributed by atoms with Gasteiger partial charge in [-0.15, -0.1) is 10.2 Å². The molecular formula is C20H23N5OS2. The van der Waals surface area contributed by atoms with Crippen molar-refractivity contribution in [3.05, 3.63) is 60.2 Å². The van der Waals surface area contributed by atoms with E-state index in [9.17, 15) is 4.79 Å². The maximum Gasteiger partial charge on any atom is 0.237 e. The summed E-state index contributed by atoms with van der Waals surface area (Å²) in [5, 5.41) is 15.0. The lowest BCUT2D eigenvalue weighted by Crippen LogP contribution is -2.22. The van der Waals surface area contributed by atoms with Crippen LogP contribution in [0, 0.1) is 0 Å². The van der Waals surface area contributed by atoms with Crippen LogP contribution in [-0.2, 0) is 11.3 Å². The zero-order valence-corrected chi connectivity index (χ0v) is 17.7. The largest absolute Gasteiger partial charge is 0.378 e. The quantitative estimate of drug-likeness (QED) is 0.536. The summed E-state index contributed by atoms with van der Waals surface area (Å²) in [7, 11) is 3.97. The highest BCUT2D eigenvalue weighted by molar-refractivity contribution is 8.02. The molecule has 0 fully saturated rings. The highest BCUT2D eigenvalue weighted by atomic mass is 32.2. The lowest BCUT2D eigenvalue weighted by Gasteiger charge is -2.14. The molecule has 0 aliphatic rings. The van der Waals surface area contributed by atoms with Crippen LogP contribution in [0.25, 0.3) is 0 Å². The fourth-order valence-electron chi connectivity index (χ4n) is 2.39. The van der Waals surface area contributed by atoms with Gasteiger partial charge in [-0.2, -0.15) is 0 Å². The molecular weight excluding hydrogens is 390 g/mol. The molecule has 0 aliphatic carbocycles. The molecule has 0 bridgehead atoms. The predicted molar refractivity (Wildman–Crippen MR) is 118 cm³/mol. The SMILES string of the molecule is C[C@H](Sc1nnc(NCc2ccccc2)s1)C(=O)Nc1ccc(N(C)C)cc1. The summed E-state index contributed by atoms with van der Waals surface area (Å²) in [5.41, 5.74) is 3.05. The maximum absolute atomic E-state index is 12.5. The molecule has 0 saturated carbocycles. The monoisotopic (exact) mass is 413 g/mol. The minimum absolute atomic E-state index is 0.0587. The highest BCUT2D eigenvalue weighted by Crippen LogP contribution is 2.29. The van der Waals surface area contributed by atoms with Gasteiger partial charge >= 0.3 is 0 Å². The van der Waals surface area contributed by atoms with Crippen molar-refractivity contribution < 1.29 is 4.79 Å². The van der Waals surface area contributed by atoms with Crippen molar-refractivity contribution in [3.63, 3.8) is 0 Å². The van der Waals surface area contributed by atoms with Crippen molar-refractivity contribution >= 4 is 45.5 Å². The van der Waals surface area contributed by atoms with Crippen LogP contribution in [0.1, 0.15) is 12.5 Å². The minimum atomic E-state index is -0.275. The van der Waals surface area contributed by atoms with Gasteiger partial charge in [0.15, 0.2) is 4.34 Å². The van der Waals surface area contributed by atoms with Crippen LogP contribution >= 0.6 is 23.1 Å². The van der Waals surface area contributed by atoms with Crippen molar-refractivity contribution in [2.75, 3.05) is 29.6 Å². The van der Waals surface area contributed by atoms with Gasteiger partial charge in [0, 0.05) is 32.0 Å². The van der Waals surface area contributed by atoms with E-state index in [1.54, 1.807) is 0 Å². The van der Waals surface area contributed by atoms with Crippen LogP contribution in [0.15, 0.2) is 58.9 Å². The Morgan fingerprint density at radius 1 is 1.11 bits per heavy atom. The number of amides is 1. The molecule has 6 nitrogen and oxygen atoms in total. The summed E-state index contributed by atoms with van der Waals surface area (Å²) < 4.78 is 0.765. The topological polar surface area (TPSA) is 70.1 Å². The zero-order valence-electron chi connectivity index (χ0n) is 16.0. The van der Waals surface area contributed by atoms with Crippen LogP contribution < -0.4 is 15.5 Å². The number of nitrogens with one attached hydrogen (secondary N) is 2. The Morgan fingerprint density at radius 2 is 1.82 bits per heavy atom. The van der Waals surface area contributed by atoms with E-state index < -0.39 is 0 Å². The van der Waals surface area contributed by atoms with Gasteiger partial charge in [-0.05, 0) is 36.8 Å². The second-order valence-electron chi connectivity index (χ2n) is 6.40. The molecule has 1 heterocycles. The molecule has 28 heavy (non-hydrogen) atoms. The van der Waals surface area contributed by atoms with E-state index in [1.165, 1.54) is 28.7 Å². The summed E-state index contributed by atoms with van der Waals surface area (Å²) >= 11 is 2.86. The second-order valence-corrected chi connectivity index (χ2v) is 8.97. The van der Waals surface area contributed by atoms with Gasteiger partial charge in [0.25, 0.3) is 0 Å². The smallest absolute Gasteiger partial charge is 0.237 e. The molecule has 1 atom stereocenters. The Labute approximate surface area is 173 Å². The van der Waals surface area contributed by atoms with E-state index in [4.69, 9.17) is 0 Å². The number of carbonyl (C=O) groups excluding carboxylic acids is 1. The van der Waals surface area contributed by atoms with Crippen LogP contribution in [0.4, 0.5) is 16.5 Å². The van der Waals surface area contributed by atoms with E-state index in [0.29, 0.717) is 6.54 Å². The molecule has 1 amide bonds. The minimum Gasteiger partial charge on any atom is -0.378 e. The third-order valence-electron chi connectivity index (χ3n) is 3.99. The number of carbonyl (C=O) groups is 1. The Hall–Kier alpha value is -2.58. The molecule has 3 aromatic rings. The average Bonchev–Trinajstić information content (AvgIpc) is 3.15. The first kappa shape index (κ1) is 20.2. The van der Waals surface area contributed by atoms with Crippen LogP contribution in [-0.4, -0.2) is 35.4 Å². The van der Waals surface area contributed by atoms with Crippen molar-refractivity contribution in [1.82, 2.24) is 10.2 Å². The first-order chi connectivity index (χ1) is 13.5. The Kier molecular flexibility index (Phi) is 6.89. The second kappa shape index (κ2) is 9.57. The lowest BCUT2D eigenvalue weighted by atomic mass is 10.2. The summed E-state index contributed by atoms with van der Waals surface area (Å²) in [6.45, 7) is 2.56. The molecule has 0 spiro atoms. The van der Waals surface area contributed by atoms with Crippen molar-refractivity contribution in [3.8, 4) is 0 Å². The molecule has 2 N–H and O–H groups in total. The van der Waals surface area contributed by atoms with Gasteiger partial charge in [-0.25, -0.2) is 0 Å². The van der Waals surface area contributed by atoms with Gasteiger partial charge in [-0.3, -0.25) is 4.79 Å². The van der Waals surface area contributed by atoms with Crippen LogP contribution in [0.3, 0.4) is 0 Å². The summed E-state index contributed by atoms with van der Waals surface area (Å²) in [6, 6.07) is 17.9. The third kappa shape index (κ3) is 5.71. The normalized spacial score (nSPS) is 11.7. The highest BCUT2D eigenvalue weighted by Gasteiger charge is 2.17. The first-order valence-corrected chi connectivity index (χ1v) is 10.6. The number of anilines is 3. The average molecular weight is 414 g/mol. The van der Waals surface area contributed by atoms with Gasteiger partial charge in [0.05, 0.1) is 5.25 Å². The van der Waals surface area contributed by atoms with E-state index in [-0.39, 0.29) is 11.2 Å². The third-order valence-corrected chi connectivity index (χ3v) is 6.06. The summed E-state index contributed by atoms with van der Waals surface area (Å²) in [5.74, 6) is -0.0587. The fourth-order valence-corrected chi connectivity index (χ4v) is 4.29. The Bertz CT molecular complexity index is 896. The van der Waals surface area contributed by atoms with Crippen molar-refractivity contribution in [2.24, 2.45) is 0 Å². The van der Waals surface area contributed by atoms with E-state index in [2.05, 4.69) is 33.0 Å². The molecule has 1 aromatic heterocycles. The molecule has 0 radical (unpaired) electrons. The molecule has 0 saturated heterocycles. The summed E-state index contributed by atoms with van der Waals surface area (Å²) in [4.78, 5) is 14.5. The van der Waals surface area contributed by atoms with Gasteiger partial charge in [0.1, 0.15) is 0 Å². The molecule has 0 unspecified atom stereocenters. The van der Waals surface area contributed by atoms with Crippen LogP contribution in [0.5, 0.6) is 0 Å². The number of rotatable bonds is 8. The number of aromatic nitrogens is 2. The Morgan fingerprint density at radius 3 is 2.50 bits per heavy atom. The molecule has 2 aromatic carbocycles. The molecule has 8 heteroatoms. The number of thioether (sulfide) groups is 1. The van der Waals surface area contributed by atoms with E-state index in [0.717, 1.165) is 20.8 Å². The van der Waals surface area contributed by atoms with Crippen LogP contribution in [0.2, 0.25) is 0 Å². The summed E-state index contributed by atoms with van der Waals surface area (Å²) in [6.07, 6.45) is 0. The Balaban J connectivity index is 1.50. The maximum atomic E-state index is 12.5. The zero-order chi connectivity index (χ0) is 19.9. The van der Waals surface area contributed by atoms with Gasteiger partial charge < -0.3 is 15.5 Å². The molecule has 0 aliphatic heterocycles. The van der Waals surface area contributed by atoms with Crippen molar-refractivity contribution in [2.45, 2.75) is 23.1 Å². The first-order valence-electron chi connectivity index (χ1n) is 8.87. The molecule has 3 rings (SSSR count). The number of hydrogen-bond acceptors (Lipinski definition) is 7. The number of nitrogens with zero attached hydrogens (tertiary/aromatic N) is 3. The molecule has 146 valence electrons. The van der Waals surface area contributed by atoms with Gasteiger partial charge in [-0.1, -0.05) is 53.4 Å². The van der Waals surface area contributed by atoms with E-state index in [1.807, 2.05) is 68.4 Å². The van der Waals surface area contributed by atoms with Gasteiger partial charge in [0.2, 0.25) is 11.0 Å². The van der Waals surface area contributed by atoms with Crippen molar-refractivity contribution in [1.29, 1.82) is 0 Å². The van der Waals surface area contributed by atoms with E-state index >= 15 is 0 Å². The fraction of sp³-hybridized carbons (Fsp3) is 0.250.